The van der Waals surface area contributed by atoms with Crippen molar-refractivity contribution in [2.24, 2.45) is 0 Å². The zero-order valence-corrected chi connectivity index (χ0v) is 6.89. The Balaban J connectivity index is 3.36. The second-order valence-corrected chi connectivity index (χ2v) is 2.72. The first-order chi connectivity index (χ1) is 5.15. The molecule has 0 unspecified atom stereocenters. The van der Waals surface area contributed by atoms with Gasteiger partial charge in [-0.3, -0.25) is 0 Å². The molecule has 1 heteroatoms. The summed E-state index contributed by atoms with van der Waals surface area (Å²) in [5, 5.41) is 9.40. The van der Waals surface area contributed by atoms with Gasteiger partial charge in [0.1, 0.15) is 5.75 Å². The first kappa shape index (κ1) is 7.86. The molecule has 0 saturated carbocycles. The van der Waals surface area contributed by atoms with Crippen molar-refractivity contribution in [3.8, 4) is 5.75 Å². The Bertz CT molecular complexity index is 264. The SMILES string of the molecule is C=Cc1c(C)cc(C)cc1O. The summed E-state index contributed by atoms with van der Waals surface area (Å²) in [6, 6.07) is 3.76. The number of hydrogen-bond donors (Lipinski definition) is 1. The summed E-state index contributed by atoms with van der Waals surface area (Å²) >= 11 is 0. The summed E-state index contributed by atoms with van der Waals surface area (Å²) in [5.41, 5.74) is 2.97. The van der Waals surface area contributed by atoms with Gasteiger partial charge in [-0.15, -0.1) is 0 Å². The van der Waals surface area contributed by atoms with Crippen molar-refractivity contribution >= 4 is 6.08 Å². The minimum atomic E-state index is 0.317. The standard InChI is InChI=1S/C10H12O/c1-4-9-8(3)5-7(2)6-10(9)11/h4-6,11H,1H2,2-3H3. The van der Waals surface area contributed by atoms with Gasteiger partial charge in [-0.25, -0.2) is 0 Å². The highest BCUT2D eigenvalue weighted by Crippen LogP contribution is 2.23. The summed E-state index contributed by atoms with van der Waals surface area (Å²) in [4.78, 5) is 0. The number of rotatable bonds is 1. The van der Waals surface area contributed by atoms with E-state index in [2.05, 4.69) is 6.58 Å². The molecular formula is C10H12O. The molecule has 1 nitrogen and oxygen atoms in total. The molecule has 0 fully saturated rings. The van der Waals surface area contributed by atoms with Crippen molar-refractivity contribution in [1.29, 1.82) is 0 Å². The second kappa shape index (κ2) is 2.79. The lowest BCUT2D eigenvalue weighted by molar-refractivity contribution is 0.473. The van der Waals surface area contributed by atoms with Gasteiger partial charge in [0.2, 0.25) is 0 Å². The number of phenolic OH excluding ortho intramolecular Hbond substituents is 1. The number of aromatic hydroxyl groups is 1. The van der Waals surface area contributed by atoms with Crippen LogP contribution in [0.5, 0.6) is 5.75 Å². The highest BCUT2D eigenvalue weighted by atomic mass is 16.3. The van der Waals surface area contributed by atoms with Crippen LogP contribution in [0.4, 0.5) is 0 Å². The van der Waals surface area contributed by atoms with E-state index < -0.39 is 0 Å². The fourth-order valence-corrected chi connectivity index (χ4v) is 1.22. The fraction of sp³-hybridized carbons (Fsp3) is 0.200. The molecule has 0 aliphatic heterocycles. The molecular weight excluding hydrogens is 136 g/mol. The Morgan fingerprint density at radius 2 is 2.00 bits per heavy atom. The van der Waals surface area contributed by atoms with Crippen LogP contribution in [0.1, 0.15) is 16.7 Å². The third kappa shape index (κ3) is 1.43. The number of benzene rings is 1. The predicted octanol–water partition coefficient (Wildman–Crippen LogP) is 2.65. The first-order valence-electron chi connectivity index (χ1n) is 3.58. The molecule has 1 rings (SSSR count). The number of phenols is 1. The van der Waals surface area contributed by atoms with E-state index >= 15 is 0 Å². The fourth-order valence-electron chi connectivity index (χ4n) is 1.22. The van der Waals surface area contributed by atoms with E-state index in [-0.39, 0.29) is 0 Å². The van der Waals surface area contributed by atoms with Crippen LogP contribution in [0.3, 0.4) is 0 Å². The van der Waals surface area contributed by atoms with Gasteiger partial charge < -0.3 is 5.11 Å². The Morgan fingerprint density at radius 1 is 1.36 bits per heavy atom. The first-order valence-corrected chi connectivity index (χ1v) is 3.58. The molecule has 0 radical (unpaired) electrons. The number of hydrogen-bond acceptors (Lipinski definition) is 1. The Hall–Kier alpha value is -1.24. The Labute approximate surface area is 67.0 Å². The minimum Gasteiger partial charge on any atom is -0.507 e. The van der Waals surface area contributed by atoms with Crippen LogP contribution in [-0.4, -0.2) is 5.11 Å². The van der Waals surface area contributed by atoms with Gasteiger partial charge in [-0.05, 0) is 31.0 Å². The lowest BCUT2D eigenvalue weighted by Gasteiger charge is -2.04. The van der Waals surface area contributed by atoms with Crippen molar-refractivity contribution in [1.82, 2.24) is 0 Å². The lowest BCUT2D eigenvalue weighted by Crippen LogP contribution is -1.83. The summed E-state index contributed by atoms with van der Waals surface area (Å²) in [7, 11) is 0. The van der Waals surface area contributed by atoms with Crippen molar-refractivity contribution in [3.05, 3.63) is 35.4 Å². The molecule has 0 spiro atoms. The highest BCUT2D eigenvalue weighted by Gasteiger charge is 2.00. The Kier molecular flexibility index (Phi) is 1.99. The molecule has 0 aliphatic carbocycles. The van der Waals surface area contributed by atoms with Gasteiger partial charge in [-0.2, -0.15) is 0 Å². The molecule has 0 amide bonds. The van der Waals surface area contributed by atoms with Crippen molar-refractivity contribution in [2.45, 2.75) is 13.8 Å². The molecule has 58 valence electrons. The van der Waals surface area contributed by atoms with Crippen LogP contribution >= 0.6 is 0 Å². The molecule has 0 aromatic heterocycles. The predicted molar refractivity (Wildman–Crippen MR) is 47.7 cm³/mol. The van der Waals surface area contributed by atoms with Gasteiger partial charge in [0.05, 0.1) is 0 Å². The third-order valence-corrected chi connectivity index (χ3v) is 1.71. The van der Waals surface area contributed by atoms with E-state index in [1.165, 1.54) is 0 Å². The van der Waals surface area contributed by atoms with Crippen LogP contribution in [-0.2, 0) is 0 Å². The van der Waals surface area contributed by atoms with E-state index in [4.69, 9.17) is 0 Å². The molecule has 11 heavy (non-hydrogen) atoms. The maximum Gasteiger partial charge on any atom is 0.123 e. The quantitative estimate of drug-likeness (QED) is 0.649. The molecule has 1 aromatic carbocycles. The van der Waals surface area contributed by atoms with Crippen LogP contribution in [0.2, 0.25) is 0 Å². The van der Waals surface area contributed by atoms with Gasteiger partial charge in [0.15, 0.2) is 0 Å². The summed E-state index contributed by atoms with van der Waals surface area (Å²) in [5.74, 6) is 0.317. The molecule has 1 aromatic rings. The number of aryl methyl sites for hydroxylation is 2. The average molecular weight is 148 g/mol. The molecule has 1 N–H and O–H groups in total. The molecule has 0 aliphatic rings. The van der Waals surface area contributed by atoms with E-state index in [0.717, 1.165) is 16.7 Å². The maximum atomic E-state index is 9.40. The van der Waals surface area contributed by atoms with E-state index in [0.29, 0.717) is 5.75 Å². The topological polar surface area (TPSA) is 20.2 Å². The minimum absolute atomic E-state index is 0.317. The van der Waals surface area contributed by atoms with Gasteiger partial charge in [0.25, 0.3) is 0 Å². The average Bonchev–Trinajstić information content (AvgIpc) is 1.85. The monoisotopic (exact) mass is 148 g/mol. The normalized spacial score (nSPS) is 9.64. The van der Waals surface area contributed by atoms with Crippen molar-refractivity contribution in [2.75, 3.05) is 0 Å². The lowest BCUT2D eigenvalue weighted by atomic mass is 10.0. The molecule has 0 heterocycles. The molecule has 0 bridgehead atoms. The van der Waals surface area contributed by atoms with E-state index in [9.17, 15) is 5.11 Å². The summed E-state index contributed by atoms with van der Waals surface area (Å²) in [6.07, 6.45) is 1.67. The molecule has 0 atom stereocenters. The van der Waals surface area contributed by atoms with Gasteiger partial charge in [-0.1, -0.05) is 18.7 Å². The summed E-state index contributed by atoms with van der Waals surface area (Å²) < 4.78 is 0. The zero-order valence-electron chi connectivity index (χ0n) is 6.89. The van der Waals surface area contributed by atoms with Crippen molar-refractivity contribution < 1.29 is 5.11 Å². The molecule has 0 saturated heterocycles. The van der Waals surface area contributed by atoms with Crippen LogP contribution in [0.15, 0.2) is 18.7 Å². The van der Waals surface area contributed by atoms with Crippen LogP contribution in [0, 0.1) is 13.8 Å². The Morgan fingerprint density at radius 3 is 2.45 bits per heavy atom. The van der Waals surface area contributed by atoms with E-state index in [1.54, 1.807) is 12.1 Å². The van der Waals surface area contributed by atoms with Gasteiger partial charge in [0, 0.05) is 5.56 Å². The van der Waals surface area contributed by atoms with Gasteiger partial charge >= 0.3 is 0 Å². The summed E-state index contributed by atoms with van der Waals surface area (Å²) in [6.45, 7) is 7.54. The second-order valence-electron chi connectivity index (χ2n) is 2.72. The van der Waals surface area contributed by atoms with E-state index in [1.807, 2.05) is 19.9 Å². The van der Waals surface area contributed by atoms with Crippen LogP contribution in [0.25, 0.3) is 6.08 Å². The largest absolute Gasteiger partial charge is 0.507 e. The maximum absolute atomic E-state index is 9.40. The highest BCUT2D eigenvalue weighted by molar-refractivity contribution is 5.60. The smallest absolute Gasteiger partial charge is 0.123 e. The van der Waals surface area contributed by atoms with Crippen molar-refractivity contribution in [3.63, 3.8) is 0 Å². The van der Waals surface area contributed by atoms with Crippen LogP contribution < -0.4 is 0 Å². The third-order valence-electron chi connectivity index (χ3n) is 1.71. The zero-order chi connectivity index (χ0) is 8.43.